The first-order valence-electron chi connectivity index (χ1n) is 4.75. The standard InChI is InChI=1S/C10H13NO2S/c1-2-13-10(12)8-3-4-11-5-6-14-7-9(8)11/h3-4H,2,5-7H2,1H3. The summed E-state index contributed by atoms with van der Waals surface area (Å²) in [6.07, 6.45) is 1.97. The first-order chi connectivity index (χ1) is 6.83. The van der Waals surface area contributed by atoms with Crippen molar-refractivity contribution in [3.8, 4) is 0 Å². The summed E-state index contributed by atoms with van der Waals surface area (Å²) in [6, 6.07) is 1.86. The monoisotopic (exact) mass is 211 g/mol. The summed E-state index contributed by atoms with van der Waals surface area (Å²) in [7, 11) is 0. The van der Waals surface area contributed by atoms with Crippen LogP contribution < -0.4 is 0 Å². The Hall–Kier alpha value is -0.900. The number of nitrogens with zero attached hydrogens (tertiary/aromatic N) is 1. The molecule has 0 bridgehead atoms. The molecule has 0 radical (unpaired) electrons. The summed E-state index contributed by atoms with van der Waals surface area (Å²) in [5, 5.41) is 0. The van der Waals surface area contributed by atoms with E-state index in [2.05, 4.69) is 4.57 Å². The van der Waals surface area contributed by atoms with Gasteiger partial charge in [0.2, 0.25) is 0 Å². The minimum absolute atomic E-state index is 0.191. The molecule has 0 aliphatic carbocycles. The van der Waals surface area contributed by atoms with E-state index in [1.165, 1.54) is 0 Å². The van der Waals surface area contributed by atoms with Crippen LogP contribution in [0.2, 0.25) is 0 Å². The van der Waals surface area contributed by atoms with E-state index in [4.69, 9.17) is 4.74 Å². The van der Waals surface area contributed by atoms with Crippen molar-refractivity contribution >= 4 is 17.7 Å². The molecule has 0 saturated carbocycles. The third-order valence-electron chi connectivity index (χ3n) is 2.29. The van der Waals surface area contributed by atoms with E-state index in [9.17, 15) is 4.79 Å². The third-order valence-corrected chi connectivity index (χ3v) is 3.24. The molecule has 2 heterocycles. The molecular formula is C10H13NO2S. The zero-order valence-corrected chi connectivity index (χ0v) is 8.97. The van der Waals surface area contributed by atoms with Crippen molar-refractivity contribution in [2.24, 2.45) is 0 Å². The van der Waals surface area contributed by atoms with Gasteiger partial charge in [0.05, 0.1) is 12.2 Å². The molecule has 1 aromatic rings. The van der Waals surface area contributed by atoms with Gasteiger partial charge in [0.1, 0.15) is 0 Å². The Kier molecular flexibility index (Phi) is 2.82. The molecule has 14 heavy (non-hydrogen) atoms. The number of fused-ring (bicyclic) bond motifs is 1. The number of hydrogen-bond donors (Lipinski definition) is 0. The molecule has 0 amide bonds. The first-order valence-corrected chi connectivity index (χ1v) is 5.91. The SMILES string of the molecule is CCOC(=O)c1ccn2c1CSCC2. The number of ether oxygens (including phenoxy) is 1. The topological polar surface area (TPSA) is 31.2 Å². The summed E-state index contributed by atoms with van der Waals surface area (Å²) in [5.41, 5.74) is 1.85. The second-order valence-corrected chi connectivity index (χ2v) is 4.25. The fourth-order valence-electron chi connectivity index (χ4n) is 1.60. The number of aryl methyl sites for hydroxylation is 1. The maximum Gasteiger partial charge on any atom is 0.339 e. The lowest BCUT2D eigenvalue weighted by molar-refractivity contribution is 0.0525. The van der Waals surface area contributed by atoms with Gasteiger partial charge in [-0.05, 0) is 13.0 Å². The Morgan fingerprint density at radius 3 is 3.36 bits per heavy atom. The van der Waals surface area contributed by atoms with Crippen LogP contribution in [0.25, 0.3) is 0 Å². The van der Waals surface area contributed by atoms with Crippen LogP contribution in [0.15, 0.2) is 12.3 Å². The number of rotatable bonds is 2. The number of thioether (sulfide) groups is 1. The molecule has 2 rings (SSSR count). The molecular weight excluding hydrogens is 198 g/mol. The van der Waals surface area contributed by atoms with E-state index in [0.717, 1.165) is 29.3 Å². The summed E-state index contributed by atoms with van der Waals surface area (Å²) in [5.74, 6) is 1.86. The maximum atomic E-state index is 11.5. The van der Waals surface area contributed by atoms with Gasteiger partial charge in [-0.25, -0.2) is 4.79 Å². The number of aromatic nitrogens is 1. The zero-order valence-electron chi connectivity index (χ0n) is 8.16. The fraction of sp³-hybridized carbons (Fsp3) is 0.500. The van der Waals surface area contributed by atoms with Crippen LogP contribution >= 0.6 is 11.8 Å². The Morgan fingerprint density at radius 1 is 1.71 bits per heavy atom. The molecule has 0 N–H and O–H groups in total. The first kappa shape index (κ1) is 9.65. The highest BCUT2D eigenvalue weighted by atomic mass is 32.2. The minimum atomic E-state index is -0.191. The van der Waals surface area contributed by atoms with Crippen molar-refractivity contribution in [3.05, 3.63) is 23.5 Å². The van der Waals surface area contributed by atoms with Gasteiger partial charge in [0.15, 0.2) is 0 Å². The second-order valence-electron chi connectivity index (χ2n) is 3.14. The average molecular weight is 211 g/mol. The average Bonchev–Trinajstić information content (AvgIpc) is 2.61. The Bertz CT molecular complexity index is 346. The lowest BCUT2D eigenvalue weighted by atomic mass is 10.2. The molecule has 0 unspecified atom stereocenters. The molecule has 0 spiro atoms. The predicted octanol–water partition coefficient (Wildman–Crippen LogP) is 1.91. The summed E-state index contributed by atoms with van der Waals surface area (Å²) >= 11 is 1.86. The van der Waals surface area contributed by atoms with Gasteiger partial charge < -0.3 is 9.30 Å². The van der Waals surface area contributed by atoms with Crippen molar-refractivity contribution in [2.75, 3.05) is 12.4 Å². The molecule has 0 fully saturated rings. The van der Waals surface area contributed by atoms with Crippen LogP contribution in [0, 0.1) is 0 Å². The lowest BCUT2D eigenvalue weighted by Crippen LogP contribution is -2.13. The number of hydrogen-bond acceptors (Lipinski definition) is 3. The molecule has 0 aromatic carbocycles. The highest BCUT2D eigenvalue weighted by molar-refractivity contribution is 7.98. The summed E-state index contributed by atoms with van der Waals surface area (Å²) in [6.45, 7) is 3.27. The quantitative estimate of drug-likeness (QED) is 0.700. The van der Waals surface area contributed by atoms with E-state index < -0.39 is 0 Å². The molecule has 1 aliphatic rings. The molecule has 0 atom stereocenters. The van der Waals surface area contributed by atoms with Crippen molar-refractivity contribution in [3.63, 3.8) is 0 Å². The molecule has 76 valence electrons. The van der Waals surface area contributed by atoms with Crippen molar-refractivity contribution < 1.29 is 9.53 Å². The predicted molar refractivity (Wildman–Crippen MR) is 56.6 cm³/mol. The van der Waals surface area contributed by atoms with E-state index in [1.807, 2.05) is 30.9 Å². The Morgan fingerprint density at radius 2 is 2.57 bits per heavy atom. The van der Waals surface area contributed by atoms with Crippen LogP contribution in [0.4, 0.5) is 0 Å². The molecule has 1 aliphatic heterocycles. The largest absolute Gasteiger partial charge is 0.462 e. The van der Waals surface area contributed by atoms with Gasteiger partial charge >= 0.3 is 5.97 Å². The highest BCUT2D eigenvalue weighted by Gasteiger charge is 2.18. The number of carbonyl (C=O) groups is 1. The van der Waals surface area contributed by atoms with Crippen molar-refractivity contribution in [1.82, 2.24) is 4.57 Å². The van der Waals surface area contributed by atoms with E-state index in [1.54, 1.807) is 0 Å². The van der Waals surface area contributed by atoms with Gasteiger partial charge in [0, 0.05) is 29.9 Å². The van der Waals surface area contributed by atoms with E-state index in [-0.39, 0.29) is 5.97 Å². The van der Waals surface area contributed by atoms with Gasteiger partial charge in [-0.1, -0.05) is 0 Å². The van der Waals surface area contributed by atoms with Gasteiger partial charge in [-0.2, -0.15) is 11.8 Å². The maximum absolute atomic E-state index is 11.5. The van der Waals surface area contributed by atoms with Crippen LogP contribution in [-0.4, -0.2) is 22.9 Å². The second kappa shape index (κ2) is 4.09. The molecule has 1 aromatic heterocycles. The molecule has 4 heteroatoms. The fourth-order valence-corrected chi connectivity index (χ4v) is 2.59. The van der Waals surface area contributed by atoms with E-state index in [0.29, 0.717) is 6.61 Å². The van der Waals surface area contributed by atoms with Gasteiger partial charge in [-0.15, -0.1) is 0 Å². The molecule has 0 saturated heterocycles. The van der Waals surface area contributed by atoms with Crippen LogP contribution in [0.1, 0.15) is 23.0 Å². The van der Waals surface area contributed by atoms with Gasteiger partial charge in [-0.3, -0.25) is 0 Å². The third kappa shape index (κ3) is 1.66. The Balaban J connectivity index is 2.25. The van der Waals surface area contributed by atoms with Crippen molar-refractivity contribution in [1.29, 1.82) is 0 Å². The number of carbonyl (C=O) groups excluding carboxylic acids is 1. The minimum Gasteiger partial charge on any atom is -0.462 e. The smallest absolute Gasteiger partial charge is 0.339 e. The van der Waals surface area contributed by atoms with Crippen LogP contribution in [0.5, 0.6) is 0 Å². The zero-order chi connectivity index (χ0) is 9.97. The summed E-state index contributed by atoms with van der Waals surface area (Å²) in [4.78, 5) is 11.5. The summed E-state index contributed by atoms with van der Waals surface area (Å²) < 4.78 is 7.13. The van der Waals surface area contributed by atoms with Crippen molar-refractivity contribution in [2.45, 2.75) is 19.2 Å². The normalized spacial score (nSPS) is 14.9. The number of esters is 1. The van der Waals surface area contributed by atoms with Crippen LogP contribution in [0.3, 0.4) is 0 Å². The van der Waals surface area contributed by atoms with E-state index >= 15 is 0 Å². The van der Waals surface area contributed by atoms with Gasteiger partial charge in [0.25, 0.3) is 0 Å². The highest BCUT2D eigenvalue weighted by Crippen LogP contribution is 2.23. The Labute approximate surface area is 87.4 Å². The lowest BCUT2D eigenvalue weighted by Gasteiger charge is -2.15. The van der Waals surface area contributed by atoms with Crippen LogP contribution in [-0.2, 0) is 17.0 Å². The molecule has 3 nitrogen and oxygen atoms in total.